The van der Waals surface area contributed by atoms with E-state index in [1.807, 2.05) is 17.0 Å². The smallest absolute Gasteiger partial charge is 0.395 e. The van der Waals surface area contributed by atoms with Gasteiger partial charge in [0.05, 0.1) is 23.7 Å². The number of pyridine rings is 1. The van der Waals surface area contributed by atoms with Gasteiger partial charge in [0.2, 0.25) is 0 Å². The number of hydrogen-bond acceptors (Lipinski definition) is 7. The van der Waals surface area contributed by atoms with Crippen LogP contribution in [-0.2, 0) is 15.8 Å². The van der Waals surface area contributed by atoms with E-state index in [2.05, 4.69) is 15.2 Å². The highest BCUT2D eigenvalue weighted by Gasteiger charge is 2.33. The van der Waals surface area contributed by atoms with Crippen molar-refractivity contribution in [3.8, 4) is 0 Å². The predicted molar refractivity (Wildman–Crippen MR) is 121 cm³/mol. The van der Waals surface area contributed by atoms with Crippen LogP contribution in [0.1, 0.15) is 5.56 Å². The van der Waals surface area contributed by atoms with Crippen molar-refractivity contribution in [2.24, 2.45) is 0 Å². The third-order valence-corrected chi connectivity index (χ3v) is 5.85. The van der Waals surface area contributed by atoms with E-state index in [1.54, 1.807) is 12.1 Å². The largest absolute Gasteiger partial charge is 0.417 e. The van der Waals surface area contributed by atoms with Gasteiger partial charge in [-0.1, -0.05) is 11.6 Å². The van der Waals surface area contributed by atoms with Crippen LogP contribution in [0.3, 0.4) is 0 Å². The van der Waals surface area contributed by atoms with Crippen LogP contribution in [0.4, 0.5) is 30.4 Å². The average molecular weight is 496 g/mol. The minimum atomic E-state index is -4.50. The van der Waals surface area contributed by atoms with Crippen molar-refractivity contribution in [1.29, 1.82) is 0 Å². The predicted octanol–water partition coefficient (Wildman–Crippen LogP) is 2.74. The van der Waals surface area contributed by atoms with E-state index < -0.39 is 23.6 Å². The van der Waals surface area contributed by atoms with Crippen LogP contribution in [0.5, 0.6) is 0 Å². The van der Waals surface area contributed by atoms with Crippen LogP contribution in [-0.4, -0.2) is 66.1 Å². The fourth-order valence-electron chi connectivity index (χ4n) is 3.82. The van der Waals surface area contributed by atoms with Crippen molar-refractivity contribution in [1.82, 2.24) is 9.88 Å². The number of carbonyl (C=O) groups is 2. The molecule has 180 valence electrons. The third-order valence-electron chi connectivity index (χ3n) is 5.57. The monoisotopic (exact) mass is 495 g/mol. The number of carbonyl (C=O) groups excluding carboxylic acids is 2. The number of nitrogens with zero attached hydrogens (tertiary/aromatic N) is 4. The highest BCUT2D eigenvalue weighted by atomic mass is 35.5. The van der Waals surface area contributed by atoms with Crippen molar-refractivity contribution >= 4 is 40.6 Å². The first-order chi connectivity index (χ1) is 16.2. The van der Waals surface area contributed by atoms with E-state index in [0.29, 0.717) is 37.7 Å². The topological polar surface area (TPSA) is 89.0 Å². The molecule has 0 spiro atoms. The number of hydrogen-bond donors (Lipinski definition) is 2. The van der Waals surface area contributed by atoms with E-state index >= 15 is 0 Å². The second-order valence-electron chi connectivity index (χ2n) is 7.75. The molecule has 1 fully saturated rings. The van der Waals surface area contributed by atoms with Crippen LogP contribution < -0.4 is 15.1 Å². The molecule has 4 rings (SSSR count). The molecule has 0 unspecified atom stereocenters. The van der Waals surface area contributed by atoms with Crippen LogP contribution in [0.25, 0.3) is 0 Å². The number of anilines is 3. The van der Waals surface area contributed by atoms with E-state index in [9.17, 15) is 22.8 Å². The average Bonchev–Trinajstić information content (AvgIpc) is 3.07. The zero-order valence-electron chi connectivity index (χ0n) is 17.8. The van der Waals surface area contributed by atoms with Gasteiger partial charge in [0.25, 0.3) is 11.8 Å². The Morgan fingerprint density at radius 3 is 2.29 bits per heavy atom. The third kappa shape index (κ3) is 4.95. The molecule has 8 nitrogen and oxygen atoms in total. The lowest BCUT2D eigenvalue weighted by molar-refractivity contribution is -0.138. The lowest BCUT2D eigenvalue weighted by Crippen LogP contribution is -2.47. The normalized spacial score (nSPS) is 16.9. The number of benzene rings is 1. The number of imide groups is 1. The Balaban J connectivity index is 1.35. The van der Waals surface area contributed by atoms with E-state index in [4.69, 9.17) is 16.7 Å². The van der Waals surface area contributed by atoms with Crippen LogP contribution in [0.2, 0.25) is 5.02 Å². The standard InChI is InChI=1S/C22H21ClF3N5O3/c23-17-11-14(22(24,25)26)13-27-20(17)30-7-5-29(6-8-30)16-3-1-15(2-4-16)28-18-12-19(33)31(9-10-32)21(18)34/h1-4,11-13,28,32H,5-10H2. The maximum atomic E-state index is 12.8. The van der Waals surface area contributed by atoms with Crippen molar-refractivity contribution in [3.05, 3.63) is 58.9 Å². The number of β-amino-alcohol motifs (C(OH)–C–C–N with tert-alkyl or cyclic N) is 1. The number of rotatable bonds is 6. The van der Waals surface area contributed by atoms with E-state index in [-0.39, 0.29) is 23.9 Å². The van der Waals surface area contributed by atoms with Crippen LogP contribution in [0.15, 0.2) is 48.3 Å². The van der Waals surface area contributed by atoms with Crippen molar-refractivity contribution in [3.63, 3.8) is 0 Å². The summed E-state index contributed by atoms with van der Waals surface area (Å²) in [5.41, 5.74) is 0.817. The molecule has 1 saturated heterocycles. The summed E-state index contributed by atoms with van der Waals surface area (Å²) in [6.07, 6.45) is -2.50. The Hall–Kier alpha value is -3.31. The number of halogens is 4. The molecule has 0 aliphatic carbocycles. The summed E-state index contributed by atoms with van der Waals surface area (Å²) in [5.74, 6) is -0.637. The summed E-state index contributed by atoms with van der Waals surface area (Å²) in [4.78, 5) is 33.0. The molecule has 1 aromatic heterocycles. The number of aliphatic hydroxyl groups is 1. The first-order valence-corrected chi connectivity index (χ1v) is 10.8. The molecule has 1 aromatic carbocycles. The lowest BCUT2D eigenvalue weighted by Gasteiger charge is -2.37. The van der Waals surface area contributed by atoms with Gasteiger partial charge in [0, 0.05) is 49.8 Å². The van der Waals surface area contributed by atoms with Crippen molar-refractivity contribution < 1.29 is 27.9 Å². The first kappa shape index (κ1) is 23.8. The lowest BCUT2D eigenvalue weighted by atomic mass is 10.2. The minimum Gasteiger partial charge on any atom is -0.395 e. The molecule has 3 heterocycles. The van der Waals surface area contributed by atoms with Gasteiger partial charge in [-0.15, -0.1) is 0 Å². The second-order valence-corrected chi connectivity index (χ2v) is 8.16. The quantitative estimate of drug-likeness (QED) is 0.596. The van der Waals surface area contributed by atoms with Gasteiger partial charge < -0.3 is 20.2 Å². The maximum absolute atomic E-state index is 12.8. The zero-order valence-corrected chi connectivity index (χ0v) is 18.6. The summed E-state index contributed by atoms with van der Waals surface area (Å²) in [7, 11) is 0. The molecule has 0 atom stereocenters. The first-order valence-electron chi connectivity index (χ1n) is 10.5. The number of aromatic nitrogens is 1. The van der Waals surface area contributed by atoms with Crippen molar-refractivity contribution in [2.45, 2.75) is 6.18 Å². The summed E-state index contributed by atoms with van der Waals surface area (Å²) in [6.45, 7) is 1.92. The van der Waals surface area contributed by atoms with E-state index in [1.165, 1.54) is 6.08 Å². The molecule has 34 heavy (non-hydrogen) atoms. The number of amides is 2. The fraction of sp³-hybridized carbons (Fsp3) is 0.318. The van der Waals surface area contributed by atoms with Crippen LogP contribution >= 0.6 is 11.6 Å². The Bertz CT molecular complexity index is 1120. The van der Waals surface area contributed by atoms with Gasteiger partial charge in [-0.25, -0.2) is 4.98 Å². The highest BCUT2D eigenvalue weighted by molar-refractivity contribution is 6.33. The zero-order chi connectivity index (χ0) is 24.5. The number of alkyl halides is 3. The Morgan fingerprint density at radius 2 is 1.71 bits per heavy atom. The maximum Gasteiger partial charge on any atom is 0.417 e. The highest BCUT2D eigenvalue weighted by Crippen LogP contribution is 2.34. The number of nitrogens with one attached hydrogen (secondary N) is 1. The summed E-state index contributed by atoms with van der Waals surface area (Å²) < 4.78 is 38.5. The Morgan fingerprint density at radius 1 is 1.06 bits per heavy atom. The molecule has 2 N–H and O–H groups in total. The summed E-state index contributed by atoms with van der Waals surface area (Å²) in [6, 6.07) is 8.19. The molecule has 2 amide bonds. The van der Waals surface area contributed by atoms with Gasteiger partial charge in [-0.2, -0.15) is 13.2 Å². The Kier molecular flexibility index (Phi) is 6.67. The molecule has 2 aliphatic rings. The molecular formula is C22H21ClF3N5O3. The second kappa shape index (κ2) is 9.51. The SMILES string of the molecule is O=C1C=C(Nc2ccc(N3CCN(c4ncc(C(F)(F)F)cc4Cl)CC3)cc2)C(=O)N1CCO. The summed E-state index contributed by atoms with van der Waals surface area (Å²) in [5, 5.41) is 11.9. The molecular weight excluding hydrogens is 475 g/mol. The van der Waals surface area contributed by atoms with Gasteiger partial charge in [0.1, 0.15) is 11.5 Å². The van der Waals surface area contributed by atoms with Gasteiger partial charge in [0.15, 0.2) is 0 Å². The number of piperazine rings is 1. The summed E-state index contributed by atoms with van der Waals surface area (Å²) >= 11 is 6.07. The Labute approximate surface area is 198 Å². The molecule has 0 bridgehead atoms. The van der Waals surface area contributed by atoms with Gasteiger partial charge in [-0.05, 0) is 30.3 Å². The van der Waals surface area contributed by atoms with Gasteiger partial charge in [-0.3, -0.25) is 14.5 Å². The number of aliphatic hydroxyl groups excluding tert-OH is 1. The molecule has 0 saturated carbocycles. The minimum absolute atomic E-state index is 0.0366. The van der Waals surface area contributed by atoms with Crippen molar-refractivity contribution in [2.75, 3.05) is 54.4 Å². The van der Waals surface area contributed by atoms with E-state index in [0.717, 1.165) is 22.9 Å². The molecule has 2 aliphatic heterocycles. The molecule has 2 aromatic rings. The van der Waals surface area contributed by atoms with Crippen LogP contribution in [0, 0.1) is 0 Å². The van der Waals surface area contributed by atoms with Gasteiger partial charge >= 0.3 is 6.18 Å². The fourth-order valence-corrected chi connectivity index (χ4v) is 4.10. The molecule has 12 heteroatoms. The molecule has 0 radical (unpaired) electrons.